The average molecular weight is 290 g/mol. The highest BCUT2D eigenvalue weighted by Crippen LogP contribution is 2.64. The van der Waals surface area contributed by atoms with E-state index in [1.54, 1.807) is 0 Å². The molecule has 2 rings (SSSR count). The van der Waals surface area contributed by atoms with Gasteiger partial charge in [0.15, 0.2) is 0 Å². The second-order valence-electron chi connectivity index (χ2n) is 8.11. The van der Waals surface area contributed by atoms with E-state index in [0.717, 1.165) is 12.3 Å². The van der Waals surface area contributed by atoms with Crippen LogP contribution in [0.1, 0.15) is 72.6 Å². The Hall–Kier alpha value is -0.560. The van der Waals surface area contributed by atoms with Crippen LogP contribution in [-0.4, -0.2) is 11.7 Å². The summed E-state index contributed by atoms with van der Waals surface area (Å²) < 4.78 is 0. The fourth-order valence-electron chi connectivity index (χ4n) is 5.24. The zero-order valence-electron chi connectivity index (χ0n) is 14.5. The van der Waals surface area contributed by atoms with Crippen molar-refractivity contribution in [3.63, 3.8) is 0 Å². The third kappa shape index (κ3) is 2.86. The maximum Gasteiger partial charge on any atom is 0.0614 e. The molecule has 0 bridgehead atoms. The summed E-state index contributed by atoms with van der Waals surface area (Å²) in [6.45, 7) is 14.3. The van der Waals surface area contributed by atoms with Gasteiger partial charge in [-0.2, -0.15) is 0 Å². The first-order chi connectivity index (χ1) is 9.85. The van der Waals surface area contributed by atoms with Gasteiger partial charge in [0.25, 0.3) is 0 Å². The molecule has 120 valence electrons. The van der Waals surface area contributed by atoms with E-state index in [2.05, 4.69) is 34.3 Å². The van der Waals surface area contributed by atoms with Crippen LogP contribution in [0.2, 0.25) is 0 Å². The Bertz CT molecular complexity index is 422. The van der Waals surface area contributed by atoms with Crippen molar-refractivity contribution in [1.82, 2.24) is 0 Å². The van der Waals surface area contributed by atoms with Gasteiger partial charge in [-0.15, -0.1) is 0 Å². The van der Waals surface area contributed by atoms with E-state index in [4.69, 9.17) is 5.11 Å². The first kappa shape index (κ1) is 16.8. The lowest BCUT2D eigenvalue weighted by Crippen LogP contribution is -2.52. The lowest BCUT2D eigenvalue weighted by molar-refractivity contribution is -0.0896. The van der Waals surface area contributed by atoms with E-state index >= 15 is 0 Å². The maximum absolute atomic E-state index is 9.05. The first-order valence-corrected chi connectivity index (χ1v) is 8.79. The summed E-state index contributed by atoms with van der Waals surface area (Å²) in [5.41, 5.74) is 3.71. The second kappa shape index (κ2) is 6.28. The summed E-state index contributed by atoms with van der Waals surface area (Å²) in [6.07, 6.45) is 10.9. The van der Waals surface area contributed by atoms with Gasteiger partial charge in [-0.25, -0.2) is 0 Å². The Balaban J connectivity index is 2.21. The zero-order chi connectivity index (χ0) is 15.7. The van der Waals surface area contributed by atoms with Crippen molar-refractivity contribution < 1.29 is 5.11 Å². The van der Waals surface area contributed by atoms with E-state index < -0.39 is 0 Å². The lowest BCUT2D eigenvalue weighted by atomic mass is 9.43. The summed E-state index contributed by atoms with van der Waals surface area (Å²) in [6, 6.07) is 0. The number of aliphatic hydroxyl groups is 1. The van der Waals surface area contributed by atoms with E-state index in [9.17, 15) is 0 Å². The van der Waals surface area contributed by atoms with Gasteiger partial charge in [0, 0.05) is 0 Å². The molecule has 21 heavy (non-hydrogen) atoms. The van der Waals surface area contributed by atoms with Gasteiger partial charge in [0.05, 0.1) is 6.61 Å². The highest BCUT2D eigenvalue weighted by atomic mass is 16.2. The Morgan fingerprint density at radius 1 is 1.33 bits per heavy atom. The van der Waals surface area contributed by atoms with Crippen LogP contribution in [-0.2, 0) is 0 Å². The topological polar surface area (TPSA) is 20.2 Å². The average Bonchev–Trinajstić information content (AvgIpc) is 2.42. The molecule has 2 fully saturated rings. The molecule has 1 nitrogen and oxygen atoms in total. The van der Waals surface area contributed by atoms with E-state index in [1.807, 2.05) is 6.08 Å². The molecule has 0 saturated heterocycles. The predicted molar refractivity (Wildman–Crippen MR) is 91.2 cm³/mol. The second-order valence-corrected chi connectivity index (χ2v) is 8.11. The summed E-state index contributed by atoms with van der Waals surface area (Å²) >= 11 is 0. The molecule has 2 aliphatic rings. The molecule has 0 unspecified atom stereocenters. The third-order valence-corrected chi connectivity index (χ3v) is 7.22. The van der Waals surface area contributed by atoms with Gasteiger partial charge in [-0.3, -0.25) is 0 Å². The molecule has 0 aromatic rings. The Morgan fingerprint density at radius 3 is 2.71 bits per heavy atom. The van der Waals surface area contributed by atoms with Crippen molar-refractivity contribution in [1.29, 1.82) is 0 Å². The zero-order valence-corrected chi connectivity index (χ0v) is 14.5. The molecule has 0 aromatic heterocycles. The van der Waals surface area contributed by atoms with Gasteiger partial charge in [-0.05, 0) is 61.7 Å². The number of allylic oxidation sites excluding steroid dienone is 2. The van der Waals surface area contributed by atoms with Crippen LogP contribution in [0, 0.1) is 22.7 Å². The van der Waals surface area contributed by atoms with Crippen molar-refractivity contribution in [3.05, 3.63) is 23.8 Å². The molecule has 4 atom stereocenters. The quantitative estimate of drug-likeness (QED) is 0.677. The van der Waals surface area contributed by atoms with Crippen molar-refractivity contribution in [2.75, 3.05) is 6.61 Å². The molecule has 1 N–H and O–H groups in total. The smallest absolute Gasteiger partial charge is 0.0614 e. The molecule has 0 heterocycles. The largest absolute Gasteiger partial charge is 0.392 e. The molecule has 0 spiro atoms. The molecule has 0 aromatic carbocycles. The lowest BCUT2D eigenvalue weighted by Gasteiger charge is -2.61. The molecule has 1 heteroatoms. The molecule has 0 radical (unpaired) electrons. The SMILES string of the molecule is C=C1CC[C@@]2(C)[C@H](C)CCC[C@@]2(C)[C@@H]1CC/C(C)=C\CO. The van der Waals surface area contributed by atoms with Gasteiger partial charge in [0.2, 0.25) is 0 Å². The van der Waals surface area contributed by atoms with E-state index in [-0.39, 0.29) is 6.61 Å². The first-order valence-electron chi connectivity index (χ1n) is 8.79. The maximum atomic E-state index is 9.05. The molecule has 2 aliphatic carbocycles. The minimum Gasteiger partial charge on any atom is -0.392 e. The van der Waals surface area contributed by atoms with Crippen molar-refractivity contribution in [2.45, 2.75) is 72.6 Å². The Morgan fingerprint density at radius 2 is 2.05 bits per heavy atom. The summed E-state index contributed by atoms with van der Waals surface area (Å²) in [5.74, 6) is 1.49. The standard InChI is InChI=1S/C20H34O/c1-15(11-14-21)8-9-18-16(2)10-13-19(4)17(3)7-6-12-20(18,19)5/h11,17-18,21H,2,6-10,12-14H2,1,3-5H3/b15-11-/t17-,18-,19+,20+/m1/s1. The van der Waals surface area contributed by atoms with Crippen molar-refractivity contribution in [3.8, 4) is 0 Å². The highest BCUT2D eigenvalue weighted by molar-refractivity contribution is 5.18. The van der Waals surface area contributed by atoms with E-state index in [0.29, 0.717) is 16.7 Å². The normalized spacial score (nSPS) is 41.0. The minimum absolute atomic E-state index is 0.170. The van der Waals surface area contributed by atoms with Gasteiger partial charge in [-0.1, -0.05) is 57.4 Å². The fraction of sp³-hybridized carbons (Fsp3) is 0.800. The van der Waals surface area contributed by atoms with Crippen molar-refractivity contribution >= 4 is 0 Å². The van der Waals surface area contributed by atoms with Crippen LogP contribution in [0.25, 0.3) is 0 Å². The molecule has 0 aliphatic heterocycles. The third-order valence-electron chi connectivity index (χ3n) is 7.22. The van der Waals surface area contributed by atoms with E-state index in [1.165, 1.54) is 49.7 Å². The van der Waals surface area contributed by atoms with Crippen LogP contribution >= 0.6 is 0 Å². The summed E-state index contributed by atoms with van der Waals surface area (Å²) in [5, 5.41) is 9.05. The molecular formula is C20H34O. The number of hydrogen-bond donors (Lipinski definition) is 1. The van der Waals surface area contributed by atoms with Gasteiger partial charge < -0.3 is 5.11 Å². The number of rotatable bonds is 4. The van der Waals surface area contributed by atoms with Crippen LogP contribution in [0.15, 0.2) is 23.8 Å². The molecule has 2 saturated carbocycles. The summed E-state index contributed by atoms with van der Waals surface area (Å²) in [7, 11) is 0. The molecule has 0 amide bonds. The monoisotopic (exact) mass is 290 g/mol. The number of hydrogen-bond acceptors (Lipinski definition) is 1. The van der Waals surface area contributed by atoms with Crippen LogP contribution in [0.4, 0.5) is 0 Å². The summed E-state index contributed by atoms with van der Waals surface area (Å²) in [4.78, 5) is 0. The predicted octanol–water partition coefficient (Wildman–Crippen LogP) is 5.50. The van der Waals surface area contributed by atoms with Gasteiger partial charge in [0.1, 0.15) is 0 Å². The minimum atomic E-state index is 0.170. The fourth-order valence-corrected chi connectivity index (χ4v) is 5.24. The molecular weight excluding hydrogens is 256 g/mol. The van der Waals surface area contributed by atoms with Crippen LogP contribution in [0.5, 0.6) is 0 Å². The van der Waals surface area contributed by atoms with Crippen LogP contribution in [0.3, 0.4) is 0 Å². The Kier molecular flexibility index (Phi) is 5.03. The highest BCUT2D eigenvalue weighted by Gasteiger charge is 2.55. The number of fused-ring (bicyclic) bond motifs is 1. The van der Waals surface area contributed by atoms with Gasteiger partial charge >= 0.3 is 0 Å². The number of aliphatic hydroxyl groups excluding tert-OH is 1. The van der Waals surface area contributed by atoms with Crippen LogP contribution < -0.4 is 0 Å². The van der Waals surface area contributed by atoms with Crippen molar-refractivity contribution in [2.24, 2.45) is 22.7 Å². The Labute approximate surface area is 131 Å².